The van der Waals surface area contributed by atoms with Gasteiger partial charge in [-0.05, 0) is 24.6 Å². The number of hydrogen-bond acceptors (Lipinski definition) is 5. The first-order valence-corrected chi connectivity index (χ1v) is 7.33. The van der Waals surface area contributed by atoms with Crippen LogP contribution in [0.15, 0.2) is 18.2 Å². The summed E-state index contributed by atoms with van der Waals surface area (Å²) in [6, 6.07) is 4.18. The number of nitrogens with one attached hydrogen (secondary N) is 1. The highest BCUT2D eigenvalue weighted by molar-refractivity contribution is 5.97. The number of methoxy groups -OCH3 is 2. The van der Waals surface area contributed by atoms with Crippen molar-refractivity contribution < 1.29 is 23.9 Å². The Morgan fingerprint density at radius 2 is 1.83 bits per heavy atom. The van der Waals surface area contributed by atoms with Crippen LogP contribution in [0.4, 0.5) is 0 Å². The zero-order valence-electron chi connectivity index (χ0n) is 14.2. The predicted octanol–water partition coefficient (Wildman–Crippen LogP) is 1.62. The molecule has 1 N–H and O–H groups in total. The van der Waals surface area contributed by atoms with Crippen molar-refractivity contribution in [3.05, 3.63) is 23.8 Å². The number of rotatable bonds is 8. The lowest BCUT2D eigenvalue weighted by molar-refractivity contribution is -0.171. The van der Waals surface area contributed by atoms with E-state index in [1.54, 1.807) is 18.2 Å². The molecule has 1 unspecified atom stereocenters. The fourth-order valence-corrected chi connectivity index (χ4v) is 2.07. The highest BCUT2D eigenvalue weighted by Crippen LogP contribution is 2.27. The molecule has 0 aromatic heterocycles. The van der Waals surface area contributed by atoms with E-state index in [9.17, 15) is 9.59 Å². The lowest BCUT2D eigenvalue weighted by Gasteiger charge is -2.22. The van der Waals surface area contributed by atoms with Crippen LogP contribution in [0, 0.1) is 0 Å². The molecule has 128 valence electrons. The van der Waals surface area contributed by atoms with Crippen molar-refractivity contribution in [2.75, 3.05) is 28.4 Å². The van der Waals surface area contributed by atoms with E-state index in [0.29, 0.717) is 23.5 Å². The molecule has 7 nitrogen and oxygen atoms in total. The first-order valence-electron chi connectivity index (χ1n) is 7.33. The molecule has 2 amide bonds. The Hall–Kier alpha value is -2.28. The lowest BCUT2D eigenvalue weighted by Crippen LogP contribution is -2.47. The number of carbonyl (C=O) groups excluding carboxylic acids is 2. The molecule has 1 atom stereocenters. The molecule has 0 saturated heterocycles. The Kier molecular flexibility index (Phi) is 7.34. The third-order valence-electron chi connectivity index (χ3n) is 3.41. The van der Waals surface area contributed by atoms with Gasteiger partial charge < -0.3 is 14.8 Å². The van der Waals surface area contributed by atoms with Gasteiger partial charge in [0.05, 0.1) is 21.3 Å². The van der Waals surface area contributed by atoms with Crippen LogP contribution < -0.4 is 14.8 Å². The van der Waals surface area contributed by atoms with Crippen molar-refractivity contribution in [2.24, 2.45) is 0 Å². The van der Waals surface area contributed by atoms with Crippen molar-refractivity contribution >= 4 is 11.8 Å². The van der Waals surface area contributed by atoms with Gasteiger partial charge in [0.2, 0.25) is 0 Å². The molecule has 0 aliphatic rings. The van der Waals surface area contributed by atoms with Crippen molar-refractivity contribution in [2.45, 2.75) is 25.8 Å². The van der Waals surface area contributed by atoms with Crippen molar-refractivity contribution in [3.8, 4) is 11.5 Å². The second kappa shape index (κ2) is 8.99. The zero-order valence-corrected chi connectivity index (χ0v) is 14.2. The minimum Gasteiger partial charge on any atom is -0.493 e. The molecular formula is C16H24N2O5. The molecule has 0 spiro atoms. The Labute approximate surface area is 136 Å². The van der Waals surface area contributed by atoms with Gasteiger partial charge in [-0.3, -0.25) is 14.4 Å². The summed E-state index contributed by atoms with van der Waals surface area (Å²) in [5.41, 5.74) is 0.386. The molecule has 1 aromatic rings. The summed E-state index contributed by atoms with van der Waals surface area (Å²) in [5, 5.41) is 3.84. The summed E-state index contributed by atoms with van der Waals surface area (Å²) in [6.45, 7) is 1.94. The highest BCUT2D eigenvalue weighted by atomic mass is 16.7. The molecule has 1 aromatic carbocycles. The second-order valence-electron chi connectivity index (χ2n) is 4.90. The summed E-state index contributed by atoms with van der Waals surface area (Å²) < 4.78 is 10.3. The maximum Gasteiger partial charge on any atom is 0.268 e. The van der Waals surface area contributed by atoms with Gasteiger partial charge in [-0.1, -0.05) is 13.3 Å². The van der Waals surface area contributed by atoms with Crippen LogP contribution in [0.5, 0.6) is 11.5 Å². The minimum absolute atomic E-state index is 0.303. The highest BCUT2D eigenvalue weighted by Gasteiger charge is 2.24. The van der Waals surface area contributed by atoms with Crippen molar-refractivity contribution in [1.82, 2.24) is 10.4 Å². The zero-order chi connectivity index (χ0) is 17.4. The van der Waals surface area contributed by atoms with Crippen LogP contribution in [0.3, 0.4) is 0 Å². The molecule has 0 aliphatic heterocycles. The van der Waals surface area contributed by atoms with Gasteiger partial charge in [0.1, 0.15) is 6.04 Å². The van der Waals surface area contributed by atoms with Gasteiger partial charge in [-0.2, -0.15) is 0 Å². The van der Waals surface area contributed by atoms with Gasteiger partial charge in [0.25, 0.3) is 11.8 Å². The Morgan fingerprint density at radius 1 is 1.17 bits per heavy atom. The largest absolute Gasteiger partial charge is 0.493 e. The van der Waals surface area contributed by atoms with Gasteiger partial charge in [-0.25, -0.2) is 5.06 Å². The average Bonchev–Trinajstić information content (AvgIpc) is 2.59. The van der Waals surface area contributed by atoms with Gasteiger partial charge in [-0.15, -0.1) is 0 Å². The summed E-state index contributed by atoms with van der Waals surface area (Å²) >= 11 is 0. The van der Waals surface area contributed by atoms with Crippen molar-refractivity contribution in [3.63, 3.8) is 0 Å². The minimum atomic E-state index is -0.648. The predicted molar refractivity (Wildman–Crippen MR) is 85.5 cm³/mol. The lowest BCUT2D eigenvalue weighted by atomic mass is 10.1. The normalized spacial score (nSPS) is 11.5. The standard InChI is InChI=1S/C16H24N2O5/c1-6-7-12(16(20)18(2)23-5)17-15(19)11-8-9-13(21-3)14(10-11)22-4/h8-10,12H,6-7H2,1-5H3,(H,17,19). The van der Waals surface area contributed by atoms with E-state index < -0.39 is 6.04 Å². The Balaban J connectivity index is 2.92. The summed E-state index contributed by atoms with van der Waals surface area (Å²) in [4.78, 5) is 29.5. The average molecular weight is 324 g/mol. The van der Waals surface area contributed by atoms with Crippen LogP contribution in [0.2, 0.25) is 0 Å². The van der Waals surface area contributed by atoms with Crippen LogP contribution in [0.25, 0.3) is 0 Å². The van der Waals surface area contributed by atoms with E-state index in [0.717, 1.165) is 11.5 Å². The van der Waals surface area contributed by atoms with E-state index in [1.807, 2.05) is 6.92 Å². The van der Waals surface area contributed by atoms with Crippen LogP contribution in [-0.4, -0.2) is 51.3 Å². The first-order chi connectivity index (χ1) is 11.0. The topological polar surface area (TPSA) is 77.1 Å². The third kappa shape index (κ3) is 4.85. The number of hydrogen-bond donors (Lipinski definition) is 1. The maximum atomic E-state index is 12.4. The number of benzene rings is 1. The number of amides is 2. The van der Waals surface area contributed by atoms with Crippen LogP contribution in [0.1, 0.15) is 30.1 Å². The van der Waals surface area contributed by atoms with Gasteiger partial charge >= 0.3 is 0 Å². The summed E-state index contributed by atoms with van der Waals surface area (Å²) in [5.74, 6) is 0.322. The fourth-order valence-electron chi connectivity index (χ4n) is 2.07. The van der Waals surface area contributed by atoms with Gasteiger partial charge in [0.15, 0.2) is 11.5 Å². The molecule has 0 radical (unpaired) electrons. The monoisotopic (exact) mass is 324 g/mol. The molecule has 7 heteroatoms. The van der Waals surface area contributed by atoms with Crippen LogP contribution >= 0.6 is 0 Å². The van der Waals surface area contributed by atoms with E-state index in [1.165, 1.54) is 28.4 Å². The van der Waals surface area contributed by atoms with E-state index >= 15 is 0 Å². The number of ether oxygens (including phenoxy) is 2. The molecule has 23 heavy (non-hydrogen) atoms. The van der Waals surface area contributed by atoms with Crippen molar-refractivity contribution in [1.29, 1.82) is 0 Å². The summed E-state index contributed by atoms with van der Waals surface area (Å²) in [6.07, 6.45) is 1.27. The van der Waals surface area contributed by atoms with Crippen LogP contribution in [-0.2, 0) is 9.63 Å². The smallest absolute Gasteiger partial charge is 0.268 e. The molecule has 0 aliphatic carbocycles. The molecule has 1 rings (SSSR count). The molecule has 0 bridgehead atoms. The Morgan fingerprint density at radius 3 is 2.35 bits per heavy atom. The second-order valence-corrected chi connectivity index (χ2v) is 4.90. The first kappa shape index (κ1) is 18.8. The summed E-state index contributed by atoms with van der Waals surface area (Å²) in [7, 11) is 5.93. The van der Waals surface area contributed by atoms with E-state index in [-0.39, 0.29) is 11.8 Å². The molecular weight excluding hydrogens is 300 g/mol. The Bertz CT molecular complexity index is 547. The fraction of sp³-hybridized carbons (Fsp3) is 0.500. The number of nitrogens with zero attached hydrogens (tertiary/aromatic N) is 1. The number of likely N-dealkylation sites (N-methyl/N-ethyl adjacent to an activating group) is 1. The number of carbonyl (C=O) groups is 2. The SMILES string of the molecule is CCCC(NC(=O)c1ccc(OC)c(OC)c1)C(=O)N(C)OC. The molecule has 0 saturated carbocycles. The molecule has 0 fully saturated rings. The quantitative estimate of drug-likeness (QED) is 0.735. The van der Waals surface area contributed by atoms with Gasteiger partial charge in [0, 0.05) is 12.6 Å². The maximum absolute atomic E-state index is 12.4. The number of hydroxylamine groups is 2. The third-order valence-corrected chi connectivity index (χ3v) is 3.41. The van der Waals surface area contributed by atoms with E-state index in [4.69, 9.17) is 14.3 Å². The molecule has 0 heterocycles. The van der Waals surface area contributed by atoms with E-state index in [2.05, 4.69) is 5.32 Å².